The van der Waals surface area contributed by atoms with Gasteiger partial charge in [-0.1, -0.05) is 28.1 Å². The molecule has 0 saturated heterocycles. The minimum absolute atomic E-state index is 0.383. The van der Waals surface area contributed by atoms with Crippen molar-refractivity contribution in [2.24, 2.45) is 0 Å². The summed E-state index contributed by atoms with van der Waals surface area (Å²) in [6, 6.07) is 10.9. The van der Waals surface area contributed by atoms with Crippen LogP contribution in [0.4, 0.5) is 22.0 Å². The van der Waals surface area contributed by atoms with Crippen LogP contribution in [-0.4, -0.2) is 20.5 Å². The smallest absolute Gasteiger partial charge is 0.322 e. The molecule has 0 atom stereocenters. The van der Waals surface area contributed by atoms with Gasteiger partial charge in [-0.05, 0) is 36.8 Å². The molecule has 0 saturated carbocycles. The highest BCUT2D eigenvalue weighted by molar-refractivity contribution is 9.10. The molecule has 0 bridgehead atoms. The maximum Gasteiger partial charge on any atom is 0.458 e. The number of hydrogen-bond donors (Lipinski definition) is 0. The maximum absolute atomic E-state index is 13.5. The van der Waals surface area contributed by atoms with Crippen molar-refractivity contribution in [2.45, 2.75) is 19.0 Å². The molecule has 0 aliphatic carbocycles. The van der Waals surface area contributed by atoms with Crippen LogP contribution in [0.5, 0.6) is 0 Å². The average molecular weight is 470 g/mol. The van der Waals surface area contributed by atoms with Crippen LogP contribution in [0.1, 0.15) is 11.1 Å². The molecule has 3 nitrogen and oxygen atoms in total. The van der Waals surface area contributed by atoms with E-state index in [1.54, 1.807) is 18.2 Å². The first-order valence-electron chi connectivity index (χ1n) is 8.45. The molecule has 0 spiro atoms. The van der Waals surface area contributed by atoms with Crippen molar-refractivity contribution in [1.29, 1.82) is 0 Å². The van der Waals surface area contributed by atoms with Gasteiger partial charge < -0.3 is 4.57 Å². The molecule has 2 aromatic heterocycles. The van der Waals surface area contributed by atoms with E-state index in [2.05, 4.69) is 21.0 Å². The lowest BCUT2D eigenvalue weighted by Gasteiger charge is -2.17. The highest BCUT2D eigenvalue weighted by atomic mass is 79.9. The minimum Gasteiger partial charge on any atom is -0.322 e. The van der Waals surface area contributed by atoms with Crippen LogP contribution in [0, 0.1) is 6.92 Å². The summed E-state index contributed by atoms with van der Waals surface area (Å²) in [4.78, 5) is 0. The Morgan fingerprint density at radius 2 is 1.72 bits per heavy atom. The summed E-state index contributed by atoms with van der Waals surface area (Å²) in [6.07, 6.45) is -0.531. The number of benzene rings is 2. The minimum atomic E-state index is -5.68. The molecule has 0 amide bonds. The third-order valence-electron chi connectivity index (χ3n) is 4.66. The Balaban J connectivity index is 1.70. The summed E-state index contributed by atoms with van der Waals surface area (Å²) in [6.45, 7) is 1.83. The molecule has 0 N–H and O–H groups in total. The summed E-state index contributed by atoms with van der Waals surface area (Å²) in [5.74, 6) is -4.96. The third kappa shape index (κ3) is 3.33. The molecule has 0 radical (unpaired) electrons. The number of halogens is 6. The van der Waals surface area contributed by atoms with E-state index in [1.165, 1.54) is 0 Å². The second kappa shape index (κ2) is 6.69. The van der Waals surface area contributed by atoms with Crippen LogP contribution in [0.25, 0.3) is 22.1 Å². The Kier molecular flexibility index (Phi) is 4.53. The monoisotopic (exact) mass is 469 g/mol. The van der Waals surface area contributed by atoms with Gasteiger partial charge >= 0.3 is 12.1 Å². The zero-order valence-electron chi connectivity index (χ0n) is 14.9. The van der Waals surface area contributed by atoms with Gasteiger partial charge in [0.1, 0.15) is 0 Å². The molecule has 150 valence electrons. The van der Waals surface area contributed by atoms with Gasteiger partial charge in [0.15, 0.2) is 0 Å². The zero-order chi connectivity index (χ0) is 21.0. The molecule has 0 fully saturated rings. The molecular formula is C20H13BrF5N3. The molecule has 0 unspecified atom stereocenters. The second-order valence-corrected chi connectivity index (χ2v) is 7.48. The van der Waals surface area contributed by atoms with Crippen molar-refractivity contribution < 1.29 is 22.0 Å². The van der Waals surface area contributed by atoms with Crippen LogP contribution in [0.15, 0.2) is 65.7 Å². The first kappa shape index (κ1) is 19.6. The van der Waals surface area contributed by atoms with Crippen molar-refractivity contribution in [1.82, 2.24) is 14.3 Å². The Bertz CT molecular complexity index is 1210. The number of aryl methyl sites for hydroxylation is 1. The summed E-state index contributed by atoms with van der Waals surface area (Å²) in [7, 11) is 0. The van der Waals surface area contributed by atoms with Crippen molar-refractivity contribution >= 4 is 26.7 Å². The van der Waals surface area contributed by atoms with Gasteiger partial charge in [0.2, 0.25) is 0 Å². The fraction of sp³-hybridized carbons (Fsp3) is 0.150. The van der Waals surface area contributed by atoms with Crippen molar-refractivity contribution in [3.05, 3.63) is 76.8 Å². The predicted octanol–water partition coefficient (Wildman–Crippen LogP) is 6.54. The largest absolute Gasteiger partial charge is 0.458 e. The van der Waals surface area contributed by atoms with Gasteiger partial charge in [0.25, 0.3) is 0 Å². The Labute approximate surface area is 170 Å². The SMILES string of the molecule is Cc1cc(-n2cc(C(F)(F)C(F)(F)F)cn2)ccc1-n1cc2cccc(Br)c2c1. The molecule has 0 aliphatic rings. The number of aromatic nitrogens is 3. The van der Waals surface area contributed by atoms with E-state index in [4.69, 9.17) is 0 Å². The molecule has 29 heavy (non-hydrogen) atoms. The molecule has 2 heterocycles. The fourth-order valence-electron chi connectivity index (χ4n) is 3.13. The Morgan fingerprint density at radius 1 is 0.966 bits per heavy atom. The number of hydrogen-bond acceptors (Lipinski definition) is 1. The number of fused-ring (bicyclic) bond motifs is 1. The normalized spacial score (nSPS) is 12.7. The summed E-state index contributed by atoms with van der Waals surface area (Å²) < 4.78 is 68.6. The third-order valence-corrected chi connectivity index (χ3v) is 5.35. The lowest BCUT2D eigenvalue weighted by molar-refractivity contribution is -0.289. The van der Waals surface area contributed by atoms with Crippen LogP contribution in [0.3, 0.4) is 0 Å². The lowest BCUT2D eigenvalue weighted by Crippen LogP contribution is -2.33. The van der Waals surface area contributed by atoms with Crippen molar-refractivity contribution in [2.75, 3.05) is 0 Å². The number of nitrogens with zero attached hydrogens (tertiary/aromatic N) is 3. The highest BCUT2D eigenvalue weighted by Crippen LogP contribution is 2.43. The quantitative estimate of drug-likeness (QED) is 0.312. The van der Waals surface area contributed by atoms with E-state index in [0.29, 0.717) is 18.1 Å². The van der Waals surface area contributed by atoms with E-state index in [1.807, 2.05) is 42.1 Å². The van der Waals surface area contributed by atoms with Gasteiger partial charge in [-0.25, -0.2) is 4.68 Å². The molecular weight excluding hydrogens is 457 g/mol. The van der Waals surface area contributed by atoms with Crippen LogP contribution < -0.4 is 0 Å². The van der Waals surface area contributed by atoms with Gasteiger partial charge in [-0.3, -0.25) is 0 Å². The fourth-order valence-corrected chi connectivity index (χ4v) is 3.61. The van der Waals surface area contributed by atoms with Crippen LogP contribution in [-0.2, 0) is 5.92 Å². The lowest BCUT2D eigenvalue weighted by atomic mass is 10.1. The topological polar surface area (TPSA) is 22.8 Å². The predicted molar refractivity (Wildman–Crippen MR) is 103 cm³/mol. The Morgan fingerprint density at radius 3 is 2.38 bits per heavy atom. The second-order valence-electron chi connectivity index (χ2n) is 6.62. The first-order valence-corrected chi connectivity index (χ1v) is 9.24. The van der Waals surface area contributed by atoms with E-state index < -0.39 is 17.7 Å². The van der Waals surface area contributed by atoms with Gasteiger partial charge in [-0.15, -0.1) is 0 Å². The van der Waals surface area contributed by atoms with E-state index in [9.17, 15) is 22.0 Å². The summed E-state index contributed by atoms with van der Waals surface area (Å²) >= 11 is 3.51. The summed E-state index contributed by atoms with van der Waals surface area (Å²) in [5, 5.41) is 5.75. The van der Waals surface area contributed by atoms with Crippen LogP contribution >= 0.6 is 15.9 Å². The molecule has 4 rings (SSSR count). The summed E-state index contributed by atoms with van der Waals surface area (Å²) in [5.41, 5.74) is 0.838. The van der Waals surface area contributed by atoms with E-state index in [-0.39, 0.29) is 0 Å². The maximum atomic E-state index is 13.5. The van der Waals surface area contributed by atoms with Gasteiger partial charge in [0.05, 0.1) is 17.4 Å². The Hall–Kier alpha value is -2.68. The number of alkyl halides is 5. The molecule has 9 heteroatoms. The highest BCUT2D eigenvalue weighted by Gasteiger charge is 2.59. The first-order chi connectivity index (χ1) is 13.6. The van der Waals surface area contributed by atoms with E-state index in [0.717, 1.165) is 31.2 Å². The molecule has 0 aliphatic heterocycles. The number of rotatable bonds is 3. The van der Waals surface area contributed by atoms with Crippen molar-refractivity contribution in [3.8, 4) is 11.4 Å². The zero-order valence-corrected chi connectivity index (χ0v) is 16.5. The molecule has 2 aromatic carbocycles. The van der Waals surface area contributed by atoms with Crippen molar-refractivity contribution in [3.63, 3.8) is 0 Å². The molecule has 4 aromatic rings. The van der Waals surface area contributed by atoms with E-state index >= 15 is 0 Å². The average Bonchev–Trinajstić information content (AvgIpc) is 3.29. The van der Waals surface area contributed by atoms with Gasteiger partial charge in [-0.2, -0.15) is 27.1 Å². The van der Waals surface area contributed by atoms with Gasteiger partial charge in [0, 0.05) is 39.5 Å². The standard InChI is InChI=1S/C20H13BrF5N3/c1-12-7-15(29-10-14(8-27-29)19(22,23)20(24,25)26)5-6-18(12)28-9-13-3-2-4-17(21)16(13)11-28/h2-11H,1H3. The van der Waals surface area contributed by atoms with Crippen LogP contribution in [0.2, 0.25) is 0 Å².